The maximum absolute atomic E-state index is 12.9. The van der Waals surface area contributed by atoms with Crippen LogP contribution in [0.5, 0.6) is 0 Å². The lowest BCUT2D eigenvalue weighted by Crippen LogP contribution is -2.40. The predicted octanol–water partition coefficient (Wildman–Crippen LogP) is 3.73. The highest BCUT2D eigenvalue weighted by Crippen LogP contribution is 2.34. The molecule has 3 rings (SSSR count). The van der Waals surface area contributed by atoms with E-state index in [-0.39, 0.29) is 17.2 Å². The van der Waals surface area contributed by atoms with Gasteiger partial charge in [0.15, 0.2) is 0 Å². The zero-order chi connectivity index (χ0) is 15.7. The minimum Gasteiger partial charge on any atom is -0.399 e. The molecule has 0 saturated carbocycles. The Balaban J connectivity index is 1.77. The van der Waals surface area contributed by atoms with Gasteiger partial charge >= 0.3 is 0 Å². The number of fused-ring (bicyclic) bond motifs is 1. The van der Waals surface area contributed by atoms with Crippen LogP contribution in [0.2, 0.25) is 0 Å². The normalized spacial score (nSPS) is 18.1. The van der Waals surface area contributed by atoms with E-state index in [4.69, 9.17) is 5.73 Å². The second-order valence-electron chi connectivity index (χ2n) is 5.72. The fraction of sp³-hybridized carbons (Fsp3) is 0.278. The van der Waals surface area contributed by atoms with Crippen molar-refractivity contribution >= 4 is 29.0 Å². The largest absolute Gasteiger partial charge is 0.399 e. The van der Waals surface area contributed by atoms with Gasteiger partial charge in [-0.15, -0.1) is 11.8 Å². The van der Waals surface area contributed by atoms with E-state index in [9.17, 15) is 4.79 Å². The molecule has 2 N–H and O–H groups in total. The summed E-state index contributed by atoms with van der Waals surface area (Å²) >= 11 is 1.58. The van der Waals surface area contributed by atoms with Gasteiger partial charge in [-0.2, -0.15) is 0 Å². The molecule has 0 saturated heterocycles. The molecule has 4 heteroatoms. The van der Waals surface area contributed by atoms with Crippen molar-refractivity contribution in [2.24, 2.45) is 0 Å². The standard InChI is InChI=1S/C18H20N2OS/c1-12-11-14-5-3-4-6-17(14)20(12)18(21)13(2)22-16-9-7-15(19)8-10-16/h3-10,12-13H,11,19H2,1-2H3. The van der Waals surface area contributed by atoms with Crippen molar-refractivity contribution in [2.45, 2.75) is 36.5 Å². The van der Waals surface area contributed by atoms with Crippen LogP contribution in [0.25, 0.3) is 0 Å². The molecule has 0 bridgehead atoms. The SMILES string of the molecule is CC(Sc1ccc(N)cc1)C(=O)N1c2ccccc2CC1C. The highest BCUT2D eigenvalue weighted by molar-refractivity contribution is 8.00. The number of nitrogens with two attached hydrogens (primary N) is 1. The third kappa shape index (κ3) is 2.83. The monoisotopic (exact) mass is 312 g/mol. The third-order valence-electron chi connectivity index (χ3n) is 3.99. The summed E-state index contributed by atoms with van der Waals surface area (Å²) in [4.78, 5) is 15.9. The van der Waals surface area contributed by atoms with Gasteiger partial charge in [-0.05, 0) is 56.2 Å². The Kier molecular flexibility index (Phi) is 4.12. The molecule has 2 atom stereocenters. The maximum Gasteiger partial charge on any atom is 0.240 e. The van der Waals surface area contributed by atoms with Crippen molar-refractivity contribution < 1.29 is 4.79 Å². The molecule has 3 nitrogen and oxygen atoms in total. The minimum atomic E-state index is -0.128. The number of anilines is 2. The molecule has 2 aromatic carbocycles. The third-order valence-corrected chi connectivity index (χ3v) is 5.08. The predicted molar refractivity (Wildman–Crippen MR) is 93.3 cm³/mol. The van der Waals surface area contributed by atoms with Crippen LogP contribution in [0.3, 0.4) is 0 Å². The molecule has 2 aromatic rings. The number of amides is 1. The molecule has 22 heavy (non-hydrogen) atoms. The van der Waals surface area contributed by atoms with Crippen molar-refractivity contribution in [3.05, 3.63) is 54.1 Å². The summed E-state index contributed by atoms with van der Waals surface area (Å²) in [6.07, 6.45) is 0.932. The van der Waals surface area contributed by atoms with Crippen molar-refractivity contribution in [3.8, 4) is 0 Å². The van der Waals surface area contributed by atoms with Gasteiger partial charge in [0.25, 0.3) is 0 Å². The Hall–Kier alpha value is -1.94. The summed E-state index contributed by atoms with van der Waals surface area (Å²) in [6, 6.07) is 16.1. The first-order chi connectivity index (χ1) is 10.6. The number of hydrogen-bond acceptors (Lipinski definition) is 3. The molecule has 2 unspecified atom stereocenters. The smallest absolute Gasteiger partial charge is 0.240 e. The Labute approximate surface area is 135 Å². The van der Waals surface area contributed by atoms with Gasteiger partial charge in [0.05, 0.1) is 5.25 Å². The van der Waals surface area contributed by atoms with Crippen molar-refractivity contribution in [1.29, 1.82) is 0 Å². The summed E-state index contributed by atoms with van der Waals surface area (Å²) in [5.74, 6) is 0.166. The molecule has 1 aliphatic rings. The van der Waals surface area contributed by atoms with Crippen molar-refractivity contribution in [3.63, 3.8) is 0 Å². The van der Waals surface area contributed by atoms with Crippen LogP contribution < -0.4 is 10.6 Å². The van der Waals surface area contributed by atoms with E-state index in [1.54, 1.807) is 11.8 Å². The van der Waals surface area contributed by atoms with E-state index in [0.717, 1.165) is 22.7 Å². The van der Waals surface area contributed by atoms with Crippen molar-refractivity contribution in [2.75, 3.05) is 10.6 Å². The summed E-state index contributed by atoms with van der Waals surface area (Å²) < 4.78 is 0. The fourth-order valence-corrected chi connectivity index (χ4v) is 3.81. The first-order valence-corrected chi connectivity index (χ1v) is 8.37. The van der Waals surface area contributed by atoms with Crippen molar-refractivity contribution in [1.82, 2.24) is 0 Å². The van der Waals surface area contributed by atoms with Crippen LogP contribution in [0.1, 0.15) is 19.4 Å². The van der Waals surface area contributed by atoms with Gasteiger partial charge in [0.1, 0.15) is 0 Å². The fourth-order valence-electron chi connectivity index (χ4n) is 2.90. The number of benzene rings is 2. The van der Waals surface area contributed by atoms with Gasteiger partial charge in [0, 0.05) is 22.3 Å². The van der Waals surface area contributed by atoms with Crippen LogP contribution in [-0.2, 0) is 11.2 Å². The number of hydrogen-bond donors (Lipinski definition) is 1. The Morgan fingerprint density at radius 3 is 2.64 bits per heavy atom. The molecule has 1 heterocycles. The van der Waals surface area contributed by atoms with E-state index in [1.807, 2.05) is 54.3 Å². The van der Waals surface area contributed by atoms with Crippen LogP contribution >= 0.6 is 11.8 Å². The quantitative estimate of drug-likeness (QED) is 0.694. The average molecular weight is 312 g/mol. The van der Waals surface area contributed by atoms with Gasteiger partial charge in [0.2, 0.25) is 5.91 Å². The summed E-state index contributed by atoms with van der Waals surface area (Å²) in [6.45, 7) is 4.08. The van der Waals surface area contributed by atoms with E-state index in [0.29, 0.717) is 0 Å². The molecule has 0 spiro atoms. The van der Waals surface area contributed by atoms with Crippen LogP contribution in [-0.4, -0.2) is 17.2 Å². The molecule has 1 aliphatic heterocycles. The number of para-hydroxylation sites is 1. The van der Waals surface area contributed by atoms with Gasteiger partial charge in [-0.25, -0.2) is 0 Å². The van der Waals surface area contributed by atoms with E-state index < -0.39 is 0 Å². The molecule has 1 amide bonds. The number of thioether (sulfide) groups is 1. The Morgan fingerprint density at radius 1 is 1.23 bits per heavy atom. The molecule has 0 fully saturated rings. The summed E-state index contributed by atoms with van der Waals surface area (Å²) in [7, 11) is 0. The summed E-state index contributed by atoms with van der Waals surface area (Å²) in [5.41, 5.74) is 8.76. The lowest BCUT2D eigenvalue weighted by atomic mass is 10.1. The molecule has 0 radical (unpaired) electrons. The van der Waals surface area contributed by atoms with E-state index >= 15 is 0 Å². The first kappa shape index (κ1) is 15.0. The van der Waals surface area contributed by atoms with Gasteiger partial charge in [-0.1, -0.05) is 18.2 Å². The van der Waals surface area contributed by atoms with Crippen LogP contribution in [0.4, 0.5) is 11.4 Å². The van der Waals surface area contributed by atoms with E-state index in [2.05, 4.69) is 13.0 Å². The minimum absolute atomic E-state index is 0.128. The van der Waals surface area contributed by atoms with Gasteiger partial charge < -0.3 is 10.6 Å². The second-order valence-corrected chi connectivity index (χ2v) is 7.13. The second kappa shape index (κ2) is 6.05. The Bertz CT molecular complexity index is 684. The highest BCUT2D eigenvalue weighted by atomic mass is 32.2. The number of rotatable bonds is 3. The van der Waals surface area contributed by atoms with E-state index in [1.165, 1.54) is 5.56 Å². The lowest BCUT2D eigenvalue weighted by Gasteiger charge is -2.25. The highest BCUT2D eigenvalue weighted by Gasteiger charge is 2.33. The average Bonchev–Trinajstić information content (AvgIpc) is 2.84. The number of nitrogens with zero attached hydrogens (tertiary/aromatic N) is 1. The lowest BCUT2D eigenvalue weighted by molar-refractivity contribution is -0.118. The van der Waals surface area contributed by atoms with Gasteiger partial charge in [-0.3, -0.25) is 4.79 Å². The number of carbonyl (C=O) groups is 1. The first-order valence-electron chi connectivity index (χ1n) is 7.49. The summed E-state index contributed by atoms with van der Waals surface area (Å²) in [5, 5.41) is -0.128. The zero-order valence-corrected chi connectivity index (χ0v) is 13.6. The molecule has 114 valence electrons. The number of nitrogen functional groups attached to an aromatic ring is 1. The molecule has 0 aliphatic carbocycles. The molecular weight excluding hydrogens is 292 g/mol. The Morgan fingerprint density at radius 2 is 1.91 bits per heavy atom. The zero-order valence-electron chi connectivity index (χ0n) is 12.8. The number of carbonyl (C=O) groups excluding carboxylic acids is 1. The topological polar surface area (TPSA) is 46.3 Å². The molecular formula is C18H20N2OS. The maximum atomic E-state index is 12.9. The van der Waals surface area contributed by atoms with Crippen LogP contribution in [0, 0.1) is 0 Å². The molecule has 0 aromatic heterocycles. The van der Waals surface area contributed by atoms with Crippen LogP contribution in [0.15, 0.2) is 53.4 Å².